The average molecular weight is 353 g/mol. The SMILES string of the molecule is C[C@H](NC(=O)c1ccc(Cl)c(NS(C)(=O)=O)c1)c1ccccc1. The number of sulfonamides is 1. The molecule has 1 atom stereocenters. The van der Waals surface area contributed by atoms with E-state index in [0.717, 1.165) is 11.8 Å². The highest BCUT2D eigenvalue weighted by Gasteiger charge is 2.14. The number of hydrogen-bond acceptors (Lipinski definition) is 3. The molecule has 23 heavy (non-hydrogen) atoms. The van der Waals surface area contributed by atoms with Gasteiger partial charge in [0.05, 0.1) is 23.0 Å². The molecule has 2 rings (SSSR count). The molecule has 0 spiro atoms. The lowest BCUT2D eigenvalue weighted by Gasteiger charge is -2.15. The largest absolute Gasteiger partial charge is 0.346 e. The second-order valence-corrected chi connectivity index (χ2v) is 7.33. The van der Waals surface area contributed by atoms with Gasteiger partial charge in [-0.15, -0.1) is 0 Å². The number of anilines is 1. The molecule has 1 amide bonds. The molecule has 5 nitrogen and oxygen atoms in total. The minimum absolute atomic E-state index is 0.175. The third-order valence-electron chi connectivity index (χ3n) is 3.17. The van der Waals surface area contributed by atoms with Crippen molar-refractivity contribution in [2.75, 3.05) is 11.0 Å². The smallest absolute Gasteiger partial charge is 0.251 e. The lowest BCUT2D eigenvalue weighted by Crippen LogP contribution is -2.26. The number of hydrogen-bond donors (Lipinski definition) is 2. The molecule has 0 saturated carbocycles. The van der Waals surface area contributed by atoms with Gasteiger partial charge in [-0.25, -0.2) is 8.42 Å². The predicted octanol–water partition coefficient (Wildman–Crippen LogP) is 3.20. The van der Waals surface area contributed by atoms with Crippen LogP contribution in [-0.4, -0.2) is 20.6 Å². The fourth-order valence-electron chi connectivity index (χ4n) is 2.05. The van der Waals surface area contributed by atoms with E-state index in [2.05, 4.69) is 10.0 Å². The van der Waals surface area contributed by atoms with Crippen molar-refractivity contribution in [2.45, 2.75) is 13.0 Å². The lowest BCUT2D eigenvalue weighted by molar-refractivity contribution is 0.0940. The van der Waals surface area contributed by atoms with Gasteiger partial charge in [-0.3, -0.25) is 9.52 Å². The molecule has 0 fully saturated rings. The Labute approximate surface area is 140 Å². The van der Waals surface area contributed by atoms with Crippen molar-refractivity contribution in [1.29, 1.82) is 0 Å². The van der Waals surface area contributed by atoms with Crippen molar-refractivity contribution < 1.29 is 13.2 Å². The van der Waals surface area contributed by atoms with E-state index in [1.54, 1.807) is 6.07 Å². The molecule has 122 valence electrons. The molecule has 0 aliphatic heterocycles. The summed E-state index contributed by atoms with van der Waals surface area (Å²) in [4.78, 5) is 12.3. The maximum atomic E-state index is 12.3. The van der Waals surface area contributed by atoms with Crippen molar-refractivity contribution in [1.82, 2.24) is 5.32 Å². The van der Waals surface area contributed by atoms with E-state index >= 15 is 0 Å². The molecule has 2 aromatic rings. The van der Waals surface area contributed by atoms with Crippen molar-refractivity contribution in [2.24, 2.45) is 0 Å². The number of rotatable bonds is 5. The first-order chi connectivity index (χ1) is 10.8. The van der Waals surface area contributed by atoms with Crippen molar-refractivity contribution in [3.05, 3.63) is 64.7 Å². The Bertz CT molecular complexity index is 807. The van der Waals surface area contributed by atoms with Gasteiger partial charge in [0.15, 0.2) is 0 Å². The monoisotopic (exact) mass is 352 g/mol. The van der Waals surface area contributed by atoms with E-state index in [-0.39, 0.29) is 22.7 Å². The molecule has 2 N–H and O–H groups in total. The van der Waals surface area contributed by atoms with Crippen LogP contribution in [0.4, 0.5) is 5.69 Å². The number of halogens is 1. The molecule has 0 saturated heterocycles. The first-order valence-corrected chi connectivity index (χ1v) is 9.16. The average Bonchev–Trinajstić information content (AvgIpc) is 2.49. The minimum atomic E-state index is -3.47. The molecule has 2 aromatic carbocycles. The summed E-state index contributed by atoms with van der Waals surface area (Å²) in [6.07, 6.45) is 1.02. The molecule has 0 aliphatic rings. The number of carbonyl (C=O) groups is 1. The molecule has 0 radical (unpaired) electrons. The Morgan fingerprint density at radius 2 is 1.78 bits per heavy atom. The van der Waals surface area contributed by atoms with Crippen LogP contribution in [-0.2, 0) is 10.0 Å². The Morgan fingerprint density at radius 1 is 1.13 bits per heavy atom. The summed E-state index contributed by atoms with van der Waals surface area (Å²) in [5, 5.41) is 3.09. The maximum absolute atomic E-state index is 12.3. The fourth-order valence-corrected chi connectivity index (χ4v) is 2.84. The first-order valence-electron chi connectivity index (χ1n) is 6.89. The number of nitrogens with one attached hydrogen (secondary N) is 2. The van der Waals surface area contributed by atoms with Crippen LogP contribution in [0.25, 0.3) is 0 Å². The zero-order chi connectivity index (χ0) is 17.0. The van der Waals surface area contributed by atoms with Gasteiger partial charge in [-0.2, -0.15) is 0 Å². The van der Waals surface area contributed by atoms with Crippen LogP contribution >= 0.6 is 11.6 Å². The van der Waals surface area contributed by atoms with Crippen LogP contribution in [0.3, 0.4) is 0 Å². The Hall–Kier alpha value is -2.05. The number of carbonyl (C=O) groups excluding carboxylic acids is 1. The number of benzene rings is 2. The zero-order valence-corrected chi connectivity index (χ0v) is 14.3. The van der Waals surface area contributed by atoms with Crippen LogP contribution in [0.1, 0.15) is 28.9 Å². The molecule has 7 heteroatoms. The third kappa shape index (κ3) is 4.97. The van der Waals surface area contributed by atoms with Gasteiger partial charge >= 0.3 is 0 Å². The summed E-state index contributed by atoms with van der Waals surface area (Å²) in [7, 11) is -3.47. The molecule has 0 unspecified atom stereocenters. The highest BCUT2D eigenvalue weighted by atomic mass is 35.5. The molecular formula is C16H17ClN2O3S. The number of amides is 1. The summed E-state index contributed by atoms with van der Waals surface area (Å²) >= 11 is 5.95. The minimum Gasteiger partial charge on any atom is -0.346 e. The molecule has 0 bridgehead atoms. The van der Waals surface area contributed by atoms with Gasteiger partial charge in [0.1, 0.15) is 0 Å². The van der Waals surface area contributed by atoms with Gasteiger partial charge in [0.2, 0.25) is 10.0 Å². The van der Waals surface area contributed by atoms with Crippen LogP contribution in [0, 0.1) is 0 Å². The van der Waals surface area contributed by atoms with Crippen LogP contribution in [0.5, 0.6) is 0 Å². The summed E-state index contributed by atoms with van der Waals surface area (Å²) in [6.45, 7) is 1.87. The maximum Gasteiger partial charge on any atom is 0.251 e. The van der Waals surface area contributed by atoms with Gasteiger partial charge < -0.3 is 5.32 Å². The standard InChI is InChI=1S/C16H17ClN2O3S/c1-11(12-6-4-3-5-7-12)18-16(20)13-8-9-14(17)15(10-13)19-23(2,21)22/h3-11,19H,1-2H3,(H,18,20)/t11-/m0/s1. The van der Waals surface area contributed by atoms with Crippen molar-refractivity contribution in [3.63, 3.8) is 0 Å². The topological polar surface area (TPSA) is 75.3 Å². The summed E-state index contributed by atoms with van der Waals surface area (Å²) < 4.78 is 24.9. The molecular weight excluding hydrogens is 336 g/mol. The van der Waals surface area contributed by atoms with Crippen molar-refractivity contribution in [3.8, 4) is 0 Å². The quantitative estimate of drug-likeness (QED) is 0.867. The van der Waals surface area contributed by atoms with E-state index in [1.807, 2.05) is 37.3 Å². The second-order valence-electron chi connectivity index (χ2n) is 5.17. The van der Waals surface area contributed by atoms with E-state index in [4.69, 9.17) is 11.6 Å². The Balaban J connectivity index is 2.18. The van der Waals surface area contributed by atoms with E-state index in [0.29, 0.717) is 5.56 Å². The lowest BCUT2D eigenvalue weighted by atomic mass is 10.1. The van der Waals surface area contributed by atoms with E-state index < -0.39 is 10.0 Å². The molecule has 0 heterocycles. The zero-order valence-electron chi connectivity index (χ0n) is 12.7. The molecule has 0 aromatic heterocycles. The normalized spacial score (nSPS) is 12.5. The third-order valence-corrected chi connectivity index (χ3v) is 4.09. The summed E-state index contributed by atoms with van der Waals surface area (Å²) in [5.74, 6) is -0.311. The van der Waals surface area contributed by atoms with Gasteiger partial charge in [0.25, 0.3) is 5.91 Å². The second kappa shape index (κ2) is 7.02. The van der Waals surface area contributed by atoms with Crippen molar-refractivity contribution >= 4 is 33.2 Å². The van der Waals surface area contributed by atoms with Crippen LogP contribution < -0.4 is 10.0 Å². The highest BCUT2D eigenvalue weighted by molar-refractivity contribution is 7.92. The van der Waals surface area contributed by atoms with Gasteiger partial charge in [0, 0.05) is 5.56 Å². The van der Waals surface area contributed by atoms with E-state index in [1.165, 1.54) is 12.1 Å². The summed E-state index contributed by atoms with van der Waals surface area (Å²) in [5.41, 5.74) is 1.47. The van der Waals surface area contributed by atoms with Crippen LogP contribution in [0.2, 0.25) is 5.02 Å². The fraction of sp³-hybridized carbons (Fsp3) is 0.188. The predicted molar refractivity (Wildman–Crippen MR) is 92.2 cm³/mol. The Kier molecular flexibility index (Phi) is 5.28. The molecule has 0 aliphatic carbocycles. The van der Waals surface area contributed by atoms with E-state index in [9.17, 15) is 13.2 Å². The van der Waals surface area contributed by atoms with Crippen LogP contribution in [0.15, 0.2) is 48.5 Å². The highest BCUT2D eigenvalue weighted by Crippen LogP contribution is 2.24. The summed E-state index contributed by atoms with van der Waals surface area (Å²) in [6, 6.07) is 13.8. The van der Waals surface area contributed by atoms with Gasteiger partial charge in [-0.1, -0.05) is 41.9 Å². The first kappa shape index (κ1) is 17.3. The Morgan fingerprint density at radius 3 is 2.39 bits per heavy atom. The van der Waals surface area contributed by atoms with Gasteiger partial charge in [-0.05, 0) is 30.7 Å².